The quantitative estimate of drug-likeness (QED) is 0.245. The van der Waals surface area contributed by atoms with E-state index in [1.807, 2.05) is 12.1 Å². The highest BCUT2D eigenvalue weighted by Crippen LogP contribution is 2.35. The van der Waals surface area contributed by atoms with Gasteiger partial charge in [-0.2, -0.15) is 0 Å². The Hall–Kier alpha value is -3.87. The van der Waals surface area contributed by atoms with Gasteiger partial charge in [-0.1, -0.05) is 48.5 Å². The first-order chi connectivity index (χ1) is 19.6. The molecular formula is C34H37N3O3. The monoisotopic (exact) mass is 535 g/mol. The van der Waals surface area contributed by atoms with Crippen LogP contribution in [0.5, 0.6) is 5.75 Å². The van der Waals surface area contributed by atoms with Crippen LogP contribution in [0.1, 0.15) is 36.8 Å². The SMILES string of the molecule is COCCCn1cc(CN(C(=O)C2=C(c3cccc(-c4ccc(O)cc4)c3)CCNC2)C2CC2)c2ccccc21. The molecule has 0 radical (unpaired) electrons. The third-order valence-electron chi connectivity index (χ3n) is 8.10. The molecule has 3 aromatic carbocycles. The van der Waals surface area contributed by atoms with Crippen LogP contribution in [0.4, 0.5) is 0 Å². The molecule has 40 heavy (non-hydrogen) atoms. The van der Waals surface area contributed by atoms with Crippen LogP contribution in [0.15, 0.2) is 84.6 Å². The first kappa shape index (κ1) is 26.4. The van der Waals surface area contributed by atoms with Crippen molar-refractivity contribution < 1.29 is 14.6 Å². The normalized spacial score (nSPS) is 15.5. The standard InChI is InChI=1S/C34H37N3O3/c1-40-19-5-18-36-22-27(31-8-2-3-9-33(31)36)23-37(28-12-13-28)34(39)32-21-35-17-16-30(32)26-7-4-6-25(20-26)24-10-14-29(38)15-11-24/h2-4,6-11,14-15,20,22,28,35,38H,5,12-13,16-19,21,23H2,1H3. The molecular weight excluding hydrogens is 498 g/mol. The molecule has 0 spiro atoms. The maximum atomic E-state index is 14.3. The Bertz CT molecular complexity index is 1530. The number of hydrogen-bond donors (Lipinski definition) is 2. The lowest BCUT2D eigenvalue weighted by molar-refractivity contribution is -0.128. The molecule has 2 N–H and O–H groups in total. The lowest BCUT2D eigenvalue weighted by atomic mass is 9.91. The molecule has 1 saturated carbocycles. The minimum absolute atomic E-state index is 0.149. The van der Waals surface area contributed by atoms with Crippen molar-refractivity contribution in [3.8, 4) is 16.9 Å². The van der Waals surface area contributed by atoms with E-state index in [2.05, 4.69) is 69.5 Å². The van der Waals surface area contributed by atoms with E-state index in [-0.39, 0.29) is 11.7 Å². The van der Waals surface area contributed by atoms with Crippen molar-refractivity contribution >= 4 is 22.4 Å². The van der Waals surface area contributed by atoms with Gasteiger partial charge in [0.05, 0.1) is 0 Å². The number of nitrogens with zero attached hydrogens (tertiary/aromatic N) is 2. The van der Waals surface area contributed by atoms with Gasteiger partial charge in [-0.3, -0.25) is 4.79 Å². The minimum atomic E-state index is 0.149. The highest BCUT2D eigenvalue weighted by molar-refractivity contribution is 6.02. The molecule has 0 bridgehead atoms. The summed E-state index contributed by atoms with van der Waals surface area (Å²) in [5, 5.41) is 14.4. The first-order valence-electron chi connectivity index (χ1n) is 14.3. The zero-order valence-corrected chi connectivity index (χ0v) is 23.1. The van der Waals surface area contributed by atoms with Crippen LogP contribution in [-0.4, -0.2) is 53.3 Å². The third kappa shape index (κ3) is 5.55. The number of para-hydroxylation sites is 1. The van der Waals surface area contributed by atoms with Gasteiger partial charge in [0.15, 0.2) is 0 Å². The van der Waals surface area contributed by atoms with Gasteiger partial charge in [-0.15, -0.1) is 0 Å². The Morgan fingerprint density at radius 1 is 1.02 bits per heavy atom. The van der Waals surface area contributed by atoms with E-state index in [0.29, 0.717) is 19.1 Å². The van der Waals surface area contributed by atoms with Gasteiger partial charge in [-0.05, 0) is 84.3 Å². The van der Waals surface area contributed by atoms with E-state index in [1.54, 1.807) is 19.2 Å². The maximum Gasteiger partial charge on any atom is 0.251 e. The maximum absolute atomic E-state index is 14.3. The van der Waals surface area contributed by atoms with E-state index in [4.69, 9.17) is 4.74 Å². The zero-order chi connectivity index (χ0) is 27.5. The van der Waals surface area contributed by atoms with Gasteiger partial charge >= 0.3 is 0 Å². The second-order valence-electron chi connectivity index (χ2n) is 10.9. The number of aryl methyl sites for hydroxylation is 1. The number of carbonyl (C=O) groups excluding carboxylic acids is 1. The summed E-state index contributed by atoms with van der Waals surface area (Å²) in [5.74, 6) is 0.406. The van der Waals surface area contributed by atoms with Gasteiger partial charge in [-0.25, -0.2) is 0 Å². The summed E-state index contributed by atoms with van der Waals surface area (Å²) in [6, 6.07) is 24.5. The van der Waals surface area contributed by atoms with Crippen LogP contribution < -0.4 is 5.32 Å². The fourth-order valence-corrected chi connectivity index (χ4v) is 5.87. The number of carbonyl (C=O) groups is 1. The van der Waals surface area contributed by atoms with Crippen LogP contribution in [0.3, 0.4) is 0 Å². The summed E-state index contributed by atoms with van der Waals surface area (Å²) in [4.78, 5) is 16.4. The number of rotatable bonds is 10. The average molecular weight is 536 g/mol. The van der Waals surface area contributed by atoms with Gasteiger partial charge < -0.3 is 24.6 Å². The predicted octanol–water partition coefficient (Wildman–Crippen LogP) is 5.99. The smallest absolute Gasteiger partial charge is 0.251 e. The molecule has 0 unspecified atom stereocenters. The highest BCUT2D eigenvalue weighted by Gasteiger charge is 2.36. The Morgan fingerprint density at radius 2 is 1.82 bits per heavy atom. The summed E-state index contributed by atoms with van der Waals surface area (Å²) in [6.45, 7) is 3.67. The number of phenolic OH excluding ortho intramolecular Hbond substituents is 1. The highest BCUT2D eigenvalue weighted by atomic mass is 16.5. The molecule has 1 fully saturated rings. The first-order valence-corrected chi connectivity index (χ1v) is 14.3. The fraction of sp³-hybridized carbons (Fsp3) is 0.324. The van der Waals surface area contributed by atoms with Crippen molar-refractivity contribution in [1.82, 2.24) is 14.8 Å². The second-order valence-corrected chi connectivity index (χ2v) is 10.9. The molecule has 0 atom stereocenters. The molecule has 6 rings (SSSR count). The van der Waals surface area contributed by atoms with E-state index in [9.17, 15) is 9.90 Å². The number of nitrogens with one attached hydrogen (secondary N) is 1. The topological polar surface area (TPSA) is 66.7 Å². The Morgan fingerprint density at radius 3 is 2.62 bits per heavy atom. The van der Waals surface area contributed by atoms with Crippen molar-refractivity contribution in [2.45, 2.75) is 44.8 Å². The summed E-state index contributed by atoms with van der Waals surface area (Å²) < 4.78 is 7.59. The number of amides is 1. The predicted molar refractivity (Wildman–Crippen MR) is 160 cm³/mol. The Kier molecular flexibility index (Phi) is 7.71. The molecule has 4 aromatic rings. The molecule has 1 aliphatic carbocycles. The van der Waals surface area contributed by atoms with E-state index in [0.717, 1.165) is 73.2 Å². The molecule has 1 aliphatic heterocycles. The number of methoxy groups -OCH3 is 1. The van der Waals surface area contributed by atoms with E-state index < -0.39 is 0 Å². The van der Waals surface area contributed by atoms with Gasteiger partial charge in [0.25, 0.3) is 5.91 Å². The number of fused-ring (bicyclic) bond motifs is 1. The number of benzene rings is 3. The average Bonchev–Trinajstić information content (AvgIpc) is 3.78. The number of aromatic hydroxyl groups is 1. The molecule has 6 heteroatoms. The molecule has 206 valence electrons. The van der Waals surface area contributed by atoms with Crippen LogP contribution in [-0.2, 0) is 22.6 Å². The summed E-state index contributed by atoms with van der Waals surface area (Å²) in [6.07, 6.45) is 6.12. The fourth-order valence-electron chi connectivity index (χ4n) is 5.87. The lowest BCUT2D eigenvalue weighted by Gasteiger charge is -2.28. The largest absolute Gasteiger partial charge is 0.508 e. The van der Waals surface area contributed by atoms with Crippen molar-refractivity contribution in [2.75, 3.05) is 26.8 Å². The summed E-state index contributed by atoms with van der Waals surface area (Å²) in [5.41, 5.74) is 7.65. The second kappa shape index (κ2) is 11.7. The van der Waals surface area contributed by atoms with Crippen LogP contribution in [0, 0.1) is 0 Å². The number of hydrogen-bond acceptors (Lipinski definition) is 4. The van der Waals surface area contributed by atoms with Crippen LogP contribution in [0.2, 0.25) is 0 Å². The van der Waals surface area contributed by atoms with Crippen LogP contribution in [0.25, 0.3) is 27.6 Å². The molecule has 6 nitrogen and oxygen atoms in total. The number of ether oxygens (including phenoxy) is 1. The molecule has 0 saturated heterocycles. The Labute approximate surface area is 235 Å². The minimum Gasteiger partial charge on any atom is -0.508 e. The number of phenols is 1. The van der Waals surface area contributed by atoms with Gasteiger partial charge in [0, 0.05) is 62.1 Å². The number of aromatic nitrogens is 1. The van der Waals surface area contributed by atoms with E-state index >= 15 is 0 Å². The van der Waals surface area contributed by atoms with Crippen molar-refractivity contribution in [2.24, 2.45) is 0 Å². The lowest BCUT2D eigenvalue weighted by Crippen LogP contribution is -2.39. The van der Waals surface area contributed by atoms with Crippen LogP contribution >= 0.6 is 0 Å². The zero-order valence-electron chi connectivity index (χ0n) is 23.1. The summed E-state index contributed by atoms with van der Waals surface area (Å²) in [7, 11) is 1.74. The summed E-state index contributed by atoms with van der Waals surface area (Å²) >= 11 is 0. The molecule has 1 amide bonds. The van der Waals surface area contributed by atoms with Gasteiger partial charge in [0.1, 0.15) is 5.75 Å². The molecule has 2 aliphatic rings. The van der Waals surface area contributed by atoms with E-state index in [1.165, 1.54) is 16.5 Å². The molecule has 2 heterocycles. The van der Waals surface area contributed by atoms with Gasteiger partial charge in [0.2, 0.25) is 0 Å². The Balaban J connectivity index is 1.32. The molecule has 1 aromatic heterocycles. The third-order valence-corrected chi connectivity index (χ3v) is 8.10. The van der Waals surface area contributed by atoms with Crippen molar-refractivity contribution in [3.63, 3.8) is 0 Å². The van der Waals surface area contributed by atoms with Crippen molar-refractivity contribution in [3.05, 3.63) is 95.7 Å². The van der Waals surface area contributed by atoms with Crippen molar-refractivity contribution in [1.29, 1.82) is 0 Å².